The van der Waals surface area contributed by atoms with E-state index in [0.29, 0.717) is 11.3 Å². The maximum atomic E-state index is 10.9. The third kappa shape index (κ3) is 3.24. The Morgan fingerprint density at radius 1 is 1.44 bits per heavy atom. The van der Waals surface area contributed by atoms with Gasteiger partial charge in [0, 0.05) is 5.92 Å². The summed E-state index contributed by atoms with van der Waals surface area (Å²) in [4.78, 5) is 10.9. The first kappa shape index (κ1) is 12.5. The lowest BCUT2D eigenvalue weighted by Crippen LogP contribution is -2.32. The van der Waals surface area contributed by atoms with E-state index in [0.717, 1.165) is 0 Å². The third-order valence-corrected chi connectivity index (χ3v) is 2.19. The Morgan fingerprint density at radius 2 is 2.12 bits per heavy atom. The van der Waals surface area contributed by atoms with Gasteiger partial charge in [0.15, 0.2) is 6.10 Å². The molecule has 0 aliphatic carbocycles. The first-order valence-electron chi connectivity index (χ1n) is 5.14. The van der Waals surface area contributed by atoms with Gasteiger partial charge in [0.05, 0.1) is 6.61 Å². The van der Waals surface area contributed by atoms with Gasteiger partial charge in [0.1, 0.15) is 5.75 Å². The predicted molar refractivity (Wildman–Crippen MR) is 59.3 cm³/mol. The van der Waals surface area contributed by atoms with Crippen molar-refractivity contribution in [2.45, 2.75) is 26.6 Å². The number of aliphatic hydroxyl groups is 1. The molecule has 88 valence electrons. The number of carboxylic acids is 1. The molecular weight excluding hydrogens is 208 g/mol. The number of rotatable bonds is 5. The number of carbonyl (C=O) groups is 1. The van der Waals surface area contributed by atoms with Crippen molar-refractivity contribution < 1.29 is 19.7 Å². The van der Waals surface area contributed by atoms with Crippen molar-refractivity contribution in [1.29, 1.82) is 0 Å². The van der Waals surface area contributed by atoms with Gasteiger partial charge in [-0.05, 0) is 17.7 Å². The summed E-state index contributed by atoms with van der Waals surface area (Å²) < 4.78 is 5.37. The molecule has 1 aromatic carbocycles. The van der Waals surface area contributed by atoms with Crippen LogP contribution >= 0.6 is 0 Å². The second-order valence-corrected chi connectivity index (χ2v) is 3.93. The Bertz CT molecular complexity index is 360. The summed E-state index contributed by atoms with van der Waals surface area (Å²) in [6, 6.07) is 6.79. The van der Waals surface area contributed by atoms with E-state index in [-0.39, 0.29) is 12.5 Å². The molecule has 0 saturated heterocycles. The fourth-order valence-electron chi connectivity index (χ4n) is 1.34. The van der Waals surface area contributed by atoms with E-state index in [1.807, 2.05) is 0 Å². The molecule has 0 aromatic heterocycles. The number of hydrogen-bond donors (Lipinski definition) is 2. The Labute approximate surface area is 94.5 Å². The van der Waals surface area contributed by atoms with Crippen LogP contribution in [-0.4, -0.2) is 22.3 Å². The van der Waals surface area contributed by atoms with Gasteiger partial charge < -0.3 is 14.9 Å². The fraction of sp³-hybridized carbons (Fsp3) is 0.417. The van der Waals surface area contributed by atoms with Gasteiger partial charge in [-0.1, -0.05) is 26.0 Å². The number of ether oxygens (including phenoxy) is 1. The number of benzene rings is 1. The number of hydrogen-bond acceptors (Lipinski definition) is 3. The van der Waals surface area contributed by atoms with E-state index in [1.54, 1.807) is 38.1 Å². The van der Waals surface area contributed by atoms with E-state index in [2.05, 4.69) is 0 Å². The molecule has 0 spiro atoms. The van der Waals surface area contributed by atoms with Crippen molar-refractivity contribution in [1.82, 2.24) is 0 Å². The first-order valence-corrected chi connectivity index (χ1v) is 5.14. The molecule has 0 fully saturated rings. The van der Waals surface area contributed by atoms with Crippen LogP contribution in [0.4, 0.5) is 0 Å². The second-order valence-electron chi connectivity index (χ2n) is 3.93. The van der Waals surface area contributed by atoms with E-state index in [9.17, 15) is 4.79 Å². The van der Waals surface area contributed by atoms with Gasteiger partial charge in [-0.3, -0.25) is 0 Å². The van der Waals surface area contributed by atoms with Crippen LogP contribution in [0.15, 0.2) is 24.3 Å². The summed E-state index contributed by atoms with van der Waals surface area (Å²) in [6.07, 6.45) is -0.867. The monoisotopic (exact) mass is 224 g/mol. The quantitative estimate of drug-likeness (QED) is 0.798. The summed E-state index contributed by atoms with van der Waals surface area (Å²) in [5.74, 6) is -0.632. The molecule has 4 nitrogen and oxygen atoms in total. The summed E-state index contributed by atoms with van der Waals surface area (Å²) in [5.41, 5.74) is 0.699. The van der Waals surface area contributed by atoms with Gasteiger partial charge in [-0.15, -0.1) is 0 Å². The molecule has 0 heterocycles. The lowest BCUT2D eigenvalue weighted by Gasteiger charge is -2.18. The number of carboxylic acid groups (broad SMARTS) is 1. The maximum absolute atomic E-state index is 10.9. The molecule has 1 aromatic rings. The fourth-order valence-corrected chi connectivity index (χ4v) is 1.34. The van der Waals surface area contributed by atoms with E-state index in [4.69, 9.17) is 14.9 Å². The normalized spacial score (nSPS) is 12.5. The molecule has 0 aliphatic rings. The van der Waals surface area contributed by atoms with Gasteiger partial charge in [0.25, 0.3) is 0 Å². The van der Waals surface area contributed by atoms with Crippen LogP contribution in [0.3, 0.4) is 0 Å². The molecular formula is C12H16O4. The molecule has 0 saturated carbocycles. The van der Waals surface area contributed by atoms with Crippen molar-refractivity contribution >= 4 is 5.97 Å². The Kier molecular flexibility index (Phi) is 4.31. The molecule has 2 N–H and O–H groups in total. The van der Waals surface area contributed by atoms with Crippen LogP contribution in [0.5, 0.6) is 5.75 Å². The standard InChI is InChI=1S/C12H16O4/c1-8(2)11(12(14)15)16-10-5-3-4-9(6-10)7-13/h3-6,8,11,13H,7H2,1-2H3,(H,14,15). The van der Waals surface area contributed by atoms with Crippen molar-refractivity contribution in [3.8, 4) is 5.75 Å². The van der Waals surface area contributed by atoms with Gasteiger partial charge in [-0.2, -0.15) is 0 Å². The van der Waals surface area contributed by atoms with E-state index >= 15 is 0 Å². The molecule has 0 radical (unpaired) electrons. The largest absolute Gasteiger partial charge is 0.478 e. The van der Waals surface area contributed by atoms with E-state index in [1.165, 1.54) is 0 Å². The maximum Gasteiger partial charge on any atom is 0.345 e. The summed E-state index contributed by atoms with van der Waals surface area (Å²) in [7, 11) is 0. The van der Waals surface area contributed by atoms with Crippen molar-refractivity contribution in [3.05, 3.63) is 29.8 Å². The molecule has 4 heteroatoms. The zero-order valence-electron chi connectivity index (χ0n) is 9.38. The average molecular weight is 224 g/mol. The Balaban J connectivity index is 2.81. The highest BCUT2D eigenvalue weighted by Crippen LogP contribution is 2.18. The average Bonchev–Trinajstić information content (AvgIpc) is 2.25. The van der Waals surface area contributed by atoms with Crippen LogP contribution in [0.2, 0.25) is 0 Å². The smallest absolute Gasteiger partial charge is 0.345 e. The number of aliphatic hydroxyl groups excluding tert-OH is 1. The summed E-state index contributed by atoms with van der Waals surface area (Å²) in [5, 5.41) is 17.9. The zero-order chi connectivity index (χ0) is 12.1. The molecule has 1 unspecified atom stereocenters. The van der Waals surface area contributed by atoms with E-state index < -0.39 is 12.1 Å². The van der Waals surface area contributed by atoms with Crippen LogP contribution in [0, 0.1) is 5.92 Å². The first-order chi connectivity index (χ1) is 7.54. The van der Waals surface area contributed by atoms with Crippen molar-refractivity contribution in [2.75, 3.05) is 0 Å². The Morgan fingerprint density at radius 3 is 2.62 bits per heavy atom. The molecule has 1 rings (SSSR count). The van der Waals surface area contributed by atoms with Crippen LogP contribution in [0.1, 0.15) is 19.4 Å². The van der Waals surface area contributed by atoms with Gasteiger partial charge in [-0.25, -0.2) is 4.79 Å². The zero-order valence-corrected chi connectivity index (χ0v) is 9.38. The molecule has 0 aliphatic heterocycles. The third-order valence-electron chi connectivity index (χ3n) is 2.19. The summed E-state index contributed by atoms with van der Waals surface area (Å²) >= 11 is 0. The summed E-state index contributed by atoms with van der Waals surface area (Å²) in [6.45, 7) is 3.49. The van der Waals surface area contributed by atoms with Crippen LogP contribution in [-0.2, 0) is 11.4 Å². The lowest BCUT2D eigenvalue weighted by molar-refractivity contribution is -0.147. The minimum atomic E-state index is -0.982. The lowest BCUT2D eigenvalue weighted by atomic mass is 10.1. The van der Waals surface area contributed by atoms with Crippen LogP contribution in [0.25, 0.3) is 0 Å². The van der Waals surface area contributed by atoms with Crippen LogP contribution < -0.4 is 4.74 Å². The van der Waals surface area contributed by atoms with Gasteiger partial charge in [0.2, 0.25) is 0 Å². The molecule has 1 atom stereocenters. The van der Waals surface area contributed by atoms with Crippen molar-refractivity contribution in [2.24, 2.45) is 5.92 Å². The highest BCUT2D eigenvalue weighted by molar-refractivity contribution is 5.73. The predicted octanol–water partition coefficient (Wildman–Crippen LogP) is 1.67. The Hall–Kier alpha value is -1.55. The highest BCUT2D eigenvalue weighted by atomic mass is 16.5. The molecule has 0 bridgehead atoms. The SMILES string of the molecule is CC(C)C(Oc1cccc(CO)c1)C(=O)O. The number of aliphatic carboxylic acids is 1. The molecule has 0 amide bonds. The van der Waals surface area contributed by atoms with Gasteiger partial charge >= 0.3 is 5.97 Å². The second kappa shape index (κ2) is 5.51. The highest BCUT2D eigenvalue weighted by Gasteiger charge is 2.23. The minimum Gasteiger partial charge on any atom is -0.478 e. The van der Waals surface area contributed by atoms with Crippen molar-refractivity contribution in [3.63, 3.8) is 0 Å². The molecule has 16 heavy (non-hydrogen) atoms. The topological polar surface area (TPSA) is 66.8 Å². The minimum absolute atomic E-state index is 0.0867.